The lowest BCUT2D eigenvalue weighted by Crippen LogP contribution is -2.00. The number of hydrogen-bond acceptors (Lipinski definition) is 0. The number of allylic oxidation sites excluding steroid dienone is 12. The van der Waals surface area contributed by atoms with E-state index in [1.54, 1.807) is 6.08 Å². The summed E-state index contributed by atoms with van der Waals surface area (Å²) in [7, 11) is 0. The van der Waals surface area contributed by atoms with E-state index in [9.17, 15) is 0 Å². The van der Waals surface area contributed by atoms with E-state index in [4.69, 9.17) is 6.58 Å². The molecule has 9 aromatic rings. The van der Waals surface area contributed by atoms with E-state index in [-0.39, 0.29) is 0 Å². The van der Waals surface area contributed by atoms with E-state index in [0.29, 0.717) is 0 Å². The molecule has 0 spiro atoms. The highest BCUT2D eigenvalue weighted by atomic mass is 14.3. The van der Waals surface area contributed by atoms with Crippen LogP contribution >= 0.6 is 0 Å². The second-order valence-electron chi connectivity index (χ2n) is 16.2. The maximum atomic E-state index is 4.92. The molecular weight excluding hydrogens is 793 g/mol. The third-order valence-corrected chi connectivity index (χ3v) is 12.1. The van der Waals surface area contributed by atoms with Crippen molar-refractivity contribution in [3.05, 3.63) is 291 Å². The Morgan fingerprint density at radius 1 is 0.409 bits per heavy atom. The highest BCUT2D eigenvalue weighted by Gasteiger charge is 2.27. The van der Waals surface area contributed by atoms with Crippen molar-refractivity contribution >= 4 is 55.6 Å². The van der Waals surface area contributed by atoms with Crippen molar-refractivity contribution in [2.45, 2.75) is 0 Å². The molecule has 0 bridgehead atoms. The molecular formula is C66H50. The summed E-state index contributed by atoms with van der Waals surface area (Å²) in [6.07, 6.45) is 24.4. The maximum absolute atomic E-state index is 4.92. The van der Waals surface area contributed by atoms with Gasteiger partial charge in [0.05, 0.1) is 0 Å². The average molecular weight is 843 g/mol. The zero-order valence-corrected chi connectivity index (χ0v) is 37.1. The Hall–Kier alpha value is -8.58. The predicted octanol–water partition coefficient (Wildman–Crippen LogP) is 18.6. The molecule has 0 saturated carbocycles. The third kappa shape index (κ3) is 8.57. The minimum atomic E-state index is 0.921. The van der Waals surface area contributed by atoms with Crippen LogP contribution in [0.5, 0.6) is 0 Å². The molecule has 0 atom stereocenters. The van der Waals surface area contributed by atoms with Gasteiger partial charge in [0.25, 0.3) is 0 Å². The molecule has 0 aliphatic rings. The van der Waals surface area contributed by atoms with Crippen molar-refractivity contribution in [3.63, 3.8) is 0 Å². The summed E-state index contributed by atoms with van der Waals surface area (Å²) >= 11 is 0. The fourth-order valence-electron chi connectivity index (χ4n) is 9.24. The van der Waals surface area contributed by atoms with Crippen LogP contribution < -0.4 is 0 Å². The van der Waals surface area contributed by atoms with Crippen LogP contribution in [0.1, 0.15) is 22.3 Å². The average Bonchev–Trinajstić information content (AvgIpc) is 3.37. The van der Waals surface area contributed by atoms with Gasteiger partial charge < -0.3 is 0 Å². The highest BCUT2D eigenvalue weighted by Crippen LogP contribution is 2.53. The summed E-state index contributed by atoms with van der Waals surface area (Å²) in [6, 6.07) is 65.5. The Bertz CT molecular complexity index is 3430. The van der Waals surface area contributed by atoms with Gasteiger partial charge in [-0.15, -0.1) is 0 Å². The van der Waals surface area contributed by atoms with Crippen molar-refractivity contribution in [2.24, 2.45) is 0 Å². The van der Waals surface area contributed by atoms with E-state index >= 15 is 0 Å². The molecule has 0 radical (unpaired) electrons. The van der Waals surface area contributed by atoms with Crippen LogP contribution in [0.2, 0.25) is 0 Å². The molecule has 0 heterocycles. The van der Waals surface area contributed by atoms with Crippen molar-refractivity contribution in [3.8, 4) is 44.5 Å². The lowest BCUT2D eigenvalue weighted by atomic mass is 9.76. The SMILES string of the molecule is C=C/C=C\C=C\c1cc2c(-c3ccccc3)c3c(-c4cccc(/C(C=C)=C/C=C)c4)c4ccccc4c(C(=C)/C=C\C=C\c4ccccc4)c3c(-c3ccccc3)c2cc1-c1ccccc1. The normalized spacial score (nSPS) is 12.0. The third-order valence-electron chi connectivity index (χ3n) is 12.1. The van der Waals surface area contributed by atoms with Gasteiger partial charge in [0.1, 0.15) is 0 Å². The highest BCUT2D eigenvalue weighted by molar-refractivity contribution is 6.32. The van der Waals surface area contributed by atoms with Gasteiger partial charge in [0.2, 0.25) is 0 Å². The van der Waals surface area contributed by atoms with Gasteiger partial charge in [0, 0.05) is 0 Å². The van der Waals surface area contributed by atoms with Crippen LogP contribution in [0.3, 0.4) is 0 Å². The standard InChI is InChI=1S/C66H50/c1-5-8-9-16-39-54-45-59-60(46-58(54)50-33-17-11-18-34-50)63(52-37-21-13-22-38-52)65-61(47(4)29-23-24-32-48-30-14-10-15-31-48)56-42-25-26-43-57(56)64(66(65)62(59)51-35-19-12-20-36-51)55-41-27-40-53(44-55)49(7-3)28-6-2/h5-46H,1-4H2/b9-8-,29-23-,32-24+,39-16+,49-28+. The summed E-state index contributed by atoms with van der Waals surface area (Å²) in [5.74, 6) is 0. The second-order valence-corrected chi connectivity index (χ2v) is 16.2. The van der Waals surface area contributed by atoms with Gasteiger partial charge in [-0.2, -0.15) is 0 Å². The van der Waals surface area contributed by atoms with Gasteiger partial charge in [-0.25, -0.2) is 0 Å². The quantitative estimate of drug-likeness (QED) is 0.0756. The van der Waals surface area contributed by atoms with Gasteiger partial charge >= 0.3 is 0 Å². The van der Waals surface area contributed by atoms with Crippen LogP contribution in [0, 0.1) is 0 Å². The van der Waals surface area contributed by atoms with Gasteiger partial charge in [-0.1, -0.05) is 263 Å². The molecule has 0 unspecified atom stereocenters. The van der Waals surface area contributed by atoms with Gasteiger partial charge in [0.15, 0.2) is 0 Å². The first-order valence-electron chi connectivity index (χ1n) is 22.4. The van der Waals surface area contributed by atoms with Crippen LogP contribution in [0.25, 0.3) is 100 Å². The summed E-state index contributed by atoms with van der Waals surface area (Å²) in [5.41, 5.74) is 15.5. The number of hydrogen-bond donors (Lipinski definition) is 0. The Morgan fingerprint density at radius 2 is 0.970 bits per heavy atom. The Balaban J connectivity index is 1.54. The molecule has 0 aliphatic carbocycles. The topological polar surface area (TPSA) is 0 Å². The molecule has 0 saturated heterocycles. The van der Waals surface area contributed by atoms with Crippen molar-refractivity contribution in [1.82, 2.24) is 0 Å². The summed E-state index contributed by atoms with van der Waals surface area (Å²) < 4.78 is 0. The van der Waals surface area contributed by atoms with Crippen molar-refractivity contribution in [1.29, 1.82) is 0 Å². The molecule has 9 rings (SSSR count). The molecule has 0 heteroatoms. The number of rotatable bonds is 14. The first-order chi connectivity index (χ1) is 32.6. The van der Waals surface area contributed by atoms with E-state index in [1.165, 1.54) is 0 Å². The van der Waals surface area contributed by atoms with Gasteiger partial charge in [-0.3, -0.25) is 0 Å². The van der Waals surface area contributed by atoms with Crippen molar-refractivity contribution < 1.29 is 0 Å². The zero-order chi connectivity index (χ0) is 45.2. The number of benzene rings is 9. The molecule has 0 N–H and O–H groups in total. The largest absolute Gasteiger partial charge is 0.0991 e. The number of fused-ring (bicyclic) bond motifs is 3. The van der Waals surface area contributed by atoms with Crippen molar-refractivity contribution in [2.75, 3.05) is 0 Å². The van der Waals surface area contributed by atoms with Crippen LogP contribution in [0.15, 0.2) is 269 Å². The van der Waals surface area contributed by atoms with Crippen LogP contribution in [0.4, 0.5) is 0 Å². The second kappa shape index (κ2) is 19.9. The molecule has 0 amide bonds. The first-order valence-corrected chi connectivity index (χ1v) is 22.4. The summed E-state index contributed by atoms with van der Waals surface area (Å²) in [6.45, 7) is 17.0. The van der Waals surface area contributed by atoms with E-state index in [0.717, 1.165) is 110 Å². The smallest absolute Gasteiger partial charge is 0.000139 e. The summed E-state index contributed by atoms with van der Waals surface area (Å²) in [5, 5.41) is 6.90. The molecule has 0 nitrogen and oxygen atoms in total. The maximum Gasteiger partial charge on any atom is -0.000139 e. The summed E-state index contributed by atoms with van der Waals surface area (Å²) in [4.78, 5) is 0. The Kier molecular flexibility index (Phi) is 12.8. The minimum absolute atomic E-state index is 0.921. The lowest BCUT2D eigenvalue weighted by molar-refractivity contribution is 1.59. The van der Waals surface area contributed by atoms with Crippen LogP contribution in [-0.2, 0) is 0 Å². The monoisotopic (exact) mass is 842 g/mol. The Labute approximate surface area is 389 Å². The Morgan fingerprint density at radius 3 is 1.62 bits per heavy atom. The zero-order valence-electron chi connectivity index (χ0n) is 37.1. The van der Waals surface area contributed by atoms with E-state index in [1.807, 2.05) is 36.4 Å². The van der Waals surface area contributed by atoms with Gasteiger partial charge in [-0.05, 0) is 128 Å². The molecule has 66 heavy (non-hydrogen) atoms. The first kappa shape index (κ1) is 42.7. The molecule has 0 aliphatic heterocycles. The van der Waals surface area contributed by atoms with E-state index < -0.39 is 0 Å². The lowest BCUT2D eigenvalue weighted by Gasteiger charge is -2.26. The fourth-order valence-corrected chi connectivity index (χ4v) is 9.24. The molecule has 0 aromatic heterocycles. The fraction of sp³-hybridized carbons (Fsp3) is 0. The molecule has 314 valence electrons. The predicted molar refractivity (Wildman–Crippen MR) is 291 cm³/mol. The van der Waals surface area contributed by atoms with E-state index in [2.05, 4.69) is 232 Å². The molecule has 9 aromatic carbocycles. The molecule has 0 fully saturated rings. The van der Waals surface area contributed by atoms with Crippen LogP contribution in [-0.4, -0.2) is 0 Å². The minimum Gasteiger partial charge on any atom is -0.0991 e.